The molecule has 0 saturated heterocycles. The Bertz CT molecular complexity index is 646. The Morgan fingerprint density at radius 3 is 2.32 bits per heavy atom. The largest absolute Gasteiger partial charge is 0.423 e. The maximum absolute atomic E-state index is 11.8. The zero-order chi connectivity index (χ0) is 18.9. The van der Waals surface area contributed by atoms with Crippen molar-refractivity contribution in [2.75, 3.05) is 0 Å². The van der Waals surface area contributed by atoms with Gasteiger partial charge in [-0.15, -0.1) is 0 Å². The third-order valence-corrected chi connectivity index (χ3v) is 5.25. The van der Waals surface area contributed by atoms with E-state index in [2.05, 4.69) is 6.58 Å². The standard InChI is InChI=1S/C21H30O4/c1-15(2)18(22)24-17-11-9-10-16(14-17)21(12-7-8-13-21)25-20(5,6)19(3,4)23/h9-11,14,23H,1,7-8,12-13H2,2-6H3. The van der Waals surface area contributed by atoms with Gasteiger partial charge in [0.05, 0.1) is 16.8 Å². The van der Waals surface area contributed by atoms with Crippen molar-refractivity contribution < 1.29 is 19.4 Å². The van der Waals surface area contributed by atoms with Crippen LogP contribution in [-0.4, -0.2) is 22.3 Å². The summed E-state index contributed by atoms with van der Waals surface area (Å²) in [5.41, 5.74) is -0.835. The van der Waals surface area contributed by atoms with E-state index in [-0.39, 0.29) is 0 Å². The number of esters is 1. The molecule has 1 aliphatic rings. The minimum Gasteiger partial charge on any atom is -0.423 e. The summed E-state index contributed by atoms with van der Waals surface area (Å²) in [5, 5.41) is 10.5. The third-order valence-electron chi connectivity index (χ3n) is 5.25. The first-order valence-electron chi connectivity index (χ1n) is 8.88. The van der Waals surface area contributed by atoms with Crippen LogP contribution in [0.2, 0.25) is 0 Å². The normalized spacial score (nSPS) is 17.4. The van der Waals surface area contributed by atoms with Crippen LogP contribution < -0.4 is 4.74 Å². The van der Waals surface area contributed by atoms with Crippen molar-refractivity contribution in [3.8, 4) is 5.75 Å². The molecule has 0 aliphatic heterocycles. The molecule has 0 heterocycles. The molecular weight excluding hydrogens is 316 g/mol. The van der Waals surface area contributed by atoms with Crippen LogP contribution in [0.1, 0.15) is 65.9 Å². The quantitative estimate of drug-likeness (QED) is 0.468. The van der Waals surface area contributed by atoms with Gasteiger partial charge in [0, 0.05) is 5.57 Å². The predicted molar refractivity (Wildman–Crippen MR) is 98.5 cm³/mol. The number of hydrogen-bond acceptors (Lipinski definition) is 4. The van der Waals surface area contributed by atoms with E-state index >= 15 is 0 Å². The van der Waals surface area contributed by atoms with Crippen molar-refractivity contribution in [2.45, 2.75) is 77.1 Å². The summed E-state index contributed by atoms with van der Waals surface area (Å²) in [4.78, 5) is 11.8. The van der Waals surface area contributed by atoms with Gasteiger partial charge in [-0.2, -0.15) is 0 Å². The van der Waals surface area contributed by atoms with E-state index in [1.807, 2.05) is 32.0 Å². The van der Waals surface area contributed by atoms with Gasteiger partial charge in [-0.1, -0.05) is 31.6 Å². The molecule has 4 heteroatoms. The number of rotatable bonds is 6. The number of benzene rings is 1. The molecule has 1 N–H and O–H groups in total. The maximum Gasteiger partial charge on any atom is 0.338 e. The fourth-order valence-electron chi connectivity index (χ4n) is 3.05. The minimum absolute atomic E-state index is 0.361. The fourth-order valence-corrected chi connectivity index (χ4v) is 3.05. The molecule has 4 nitrogen and oxygen atoms in total. The Kier molecular flexibility index (Phi) is 5.45. The van der Waals surface area contributed by atoms with E-state index in [0.717, 1.165) is 31.2 Å². The molecule has 0 radical (unpaired) electrons. The average molecular weight is 346 g/mol. The SMILES string of the molecule is C=C(C)C(=O)Oc1cccc(C2(OC(C)(C)C(C)(C)O)CCCC2)c1. The van der Waals surface area contributed by atoms with E-state index in [0.29, 0.717) is 11.3 Å². The molecular formula is C21H30O4. The van der Waals surface area contributed by atoms with Crippen molar-refractivity contribution in [3.05, 3.63) is 42.0 Å². The van der Waals surface area contributed by atoms with Crippen LogP contribution in [0.15, 0.2) is 36.4 Å². The number of carbonyl (C=O) groups excluding carboxylic acids is 1. The molecule has 0 aromatic heterocycles. The van der Waals surface area contributed by atoms with Gasteiger partial charge in [0.15, 0.2) is 0 Å². The third kappa shape index (κ3) is 4.31. The topological polar surface area (TPSA) is 55.8 Å². The minimum atomic E-state index is -0.980. The molecule has 1 fully saturated rings. The van der Waals surface area contributed by atoms with Gasteiger partial charge in [-0.05, 0) is 65.2 Å². The summed E-state index contributed by atoms with van der Waals surface area (Å²) in [6, 6.07) is 7.50. The van der Waals surface area contributed by atoms with Crippen molar-refractivity contribution in [2.24, 2.45) is 0 Å². The zero-order valence-corrected chi connectivity index (χ0v) is 16.0. The van der Waals surface area contributed by atoms with Gasteiger partial charge in [-0.3, -0.25) is 0 Å². The average Bonchev–Trinajstić information content (AvgIpc) is 2.95. The van der Waals surface area contributed by atoms with Gasteiger partial charge >= 0.3 is 5.97 Å². The Hall–Kier alpha value is -1.65. The van der Waals surface area contributed by atoms with Crippen LogP contribution in [0.5, 0.6) is 5.75 Å². The highest BCUT2D eigenvalue weighted by Crippen LogP contribution is 2.47. The highest BCUT2D eigenvalue weighted by molar-refractivity contribution is 5.88. The Labute approximate surface area is 150 Å². The van der Waals surface area contributed by atoms with Gasteiger partial charge in [0.25, 0.3) is 0 Å². The lowest BCUT2D eigenvalue weighted by molar-refractivity contribution is -0.216. The van der Waals surface area contributed by atoms with Crippen molar-refractivity contribution in [1.82, 2.24) is 0 Å². The lowest BCUT2D eigenvalue weighted by Gasteiger charge is -2.45. The van der Waals surface area contributed by atoms with Crippen molar-refractivity contribution >= 4 is 5.97 Å². The molecule has 0 amide bonds. The second-order valence-corrected chi connectivity index (χ2v) is 8.07. The van der Waals surface area contributed by atoms with Crippen LogP contribution >= 0.6 is 0 Å². The second-order valence-electron chi connectivity index (χ2n) is 8.07. The first kappa shape index (κ1) is 19.7. The molecule has 1 aromatic rings. The maximum atomic E-state index is 11.8. The summed E-state index contributed by atoms with van der Waals surface area (Å²) in [5.74, 6) is 0.0526. The summed E-state index contributed by atoms with van der Waals surface area (Å²) in [6.45, 7) is 12.6. The highest BCUT2D eigenvalue weighted by Gasteiger charge is 2.46. The van der Waals surface area contributed by atoms with Crippen LogP contribution in [0.25, 0.3) is 0 Å². The van der Waals surface area contributed by atoms with Crippen LogP contribution in [-0.2, 0) is 15.1 Å². The lowest BCUT2D eigenvalue weighted by Crippen LogP contribution is -2.51. The summed E-state index contributed by atoms with van der Waals surface area (Å²) in [6.07, 6.45) is 3.89. The Morgan fingerprint density at radius 1 is 1.20 bits per heavy atom. The fraction of sp³-hybridized carbons (Fsp3) is 0.571. The van der Waals surface area contributed by atoms with E-state index < -0.39 is 22.8 Å². The lowest BCUT2D eigenvalue weighted by atomic mass is 9.85. The number of aliphatic hydroxyl groups is 1. The van der Waals surface area contributed by atoms with E-state index in [1.165, 1.54) is 0 Å². The van der Waals surface area contributed by atoms with E-state index in [4.69, 9.17) is 9.47 Å². The molecule has 0 unspecified atom stereocenters. The Morgan fingerprint density at radius 2 is 1.80 bits per heavy atom. The predicted octanol–water partition coefficient (Wildman–Crippen LogP) is 4.50. The molecule has 2 rings (SSSR count). The summed E-state index contributed by atoms with van der Waals surface area (Å²) in [7, 11) is 0. The zero-order valence-electron chi connectivity index (χ0n) is 16.0. The first-order chi connectivity index (χ1) is 11.5. The molecule has 1 aliphatic carbocycles. The summed E-state index contributed by atoms with van der Waals surface area (Å²) >= 11 is 0. The summed E-state index contributed by atoms with van der Waals surface area (Å²) < 4.78 is 11.9. The van der Waals surface area contributed by atoms with Crippen molar-refractivity contribution in [3.63, 3.8) is 0 Å². The van der Waals surface area contributed by atoms with Gasteiger partial charge in [0.1, 0.15) is 5.75 Å². The first-order valence-corrected chi connectivity index (χ1v) is 8.88. The molecule has 1 aromatic carbocycles. The van der Waals surface area contributed by atoms with Crippen LogP contribution in [0, 0.1) is 0 Å². The van der Waals surface area contributed by atoms with Gasteiger partial charge in [-0.25, -0.2) is 4.79 Å². The van der Waals surface area contributed by atoms with E-state index in [1.54, 1.807) is 26.8 Å². The van der Waals surface area contributed by atoms with Crippen LogP contribution in [0.4, 0.5) is 0 Å². The number of carbonyl (C=O) groups is 1. The van der Waals surface area contributed by atoms with Gasteiger partial charge < -0.3 is 14.6 Å². The number of hydrogen-bond donors (Lipinski definition) is 1. The molecule has 25 heavy (non-hydrogen) atoms. The number of ether oxygens (including phenoxy) is 2. The second kappa shape index (κ2) is 6.93. The monoisotopic (exact) mass is 346 g/mol. The molecule has 0 bridgehead atoms. The molecule has 1 saturated carbocycles. The highest BCUT2D eigenvalue weighted by atomic mass is 16.5. The molecule has 0 spiro atoms. The van der Waals surface area contributed by atoms with E-state index in [9.17, 15) is 9.90 Å². The van der Waals surface area contributed by atoms with Crippen molar-refractivity contribution in [1.29, 1.82) is 0 Å². The smallest absolute Gasteiger partial charge is 0.338 e. The Balaban J connectivity index is 2.35. The molecule has 138 valence electrons. The molecule has 0 atom stereocenters. The van der Waals surface area contributed by atoms with Gasteiger partial charge in [0.2, 0.25) is 0 Å². The van der Waals surface area contributed by atoms with Crippen LogP contribution in [0.3, 0.4) is 0 Å².